The molecule has 1 rings (SSSR count). The third-order valence-corrected chi connectivity index (χ3v) is 2.11. The predicted octanol–water partition coefficient (Wildman–Crippen LogP) is 0.984. The molecule has 0 saturated heterocycles. The molecule has 0 amide bonds. The van der Waals surface area contributed by atoms with Crippen molar-refractivity contribution >= 4 is 34.0 Å². The molecule has 8 heavy (non-hydrogen) atoms. The van der Waals surface area contributed by atoms with Crippen LogP contribution in [0.4, 0.5) is 0 Å². The first-order valence-electron chi connectivity index (χ1n) is 2.25. The molecule has 0 spiro atoms. The third-order valence-electron chi connectivity index (χ3n) is 0.750. The van der Waals surface area contributed by atoms with Crippen molar-refractivity contribution in [1.82, 2.24) is 5.43 Å². The van der Waals surface area contributed by atoms with E-state index in [0.29, 0.717) is 0 Å². The number of thiocarbonyl (C=S) groups is 1. The average Bonchev–Trinajstić information content (AvgIpc) is 1.77. The fourth-order valence-corrected chi connectivity index (χ4v) is 1.11. The summed E-state index contributed by atoms with van der Waals surface area (Å²) in [5, 5.41) is 3.92. The molecule has 0 unspecified atom stereocenters. The van der Waals surface area contributed by atoms with Crippen molar-refractivity contribution in [2.45, 2.75) is 6.92 Å². The molecular formula is C4H6N2S2. The van der Waals surface area contributed by atoms with Crippen LogP contribution in [0.2, 0.25) is 0 Å². The van der Waals surface area contributed by atoms with Crippen molar-refractivity contribution < 1.29 is 0 Å². The summed E-state index contributed by atoms with van der Waals surface area (Å²) in [4.78, 5) is 0. The molecule has 0 aromatic heterocycles. The van der Waals surface area contributed by atoms with E-state index in [4.69, 9.17) is 12.2 Å². The van der Waals surface area contributed by atoms with E-state index in [0.717, 1.165) is 15.8 Å². The van der Waals surface area contributed by atoms with Crippen LogP contribution in [-0.2, 0) is 0 Å². The van der Waals surface area contributed by atoms with E-state index in [1.165, 1.54) is 0 Å². The monoisotopic (exact) mass is 146 g/mol. The van der Waals surface area contributed by atoms with Gasteiger partial charge in [0.25, 0.3) is 0 Å². The number of hydrogen-bond acceptors (Lipinski definition) is 3. The third kappa shape index (κ3) is 1.45. The van der Waals surface area contributed by atoms with Gasteiger partial charge in [-0.1, -0.05) is 24.0 Å². The topological polar surface area (TPSA) is 24.4 Å². The van der Waals surface area contributed by atoms with Gasteiger partial charge < -0.3 is 0 Å². The van der Waals surface area contributed by atoms with Crippen LogP contribution in [0.1, 0.15) is 6.92 Å². The molecule has 0 aliphatic carbocycles. The highest BCUT2D eigenvalue weighted by atomic mass is 32.2. The minimum Gasteiger partial charge on any atom is -0.262 e. The average molecular weight is 146 g/mol. The Bertz CT molecular complexity index is 141. The molecule has 0 aromatic rings. The number of nitrogens with one attached hydrogen (secondary N) is 1. The summed E-state index contributed by atoms with van der Waals surface area (Å²) in [6, 6.07) is 0. The van der Waals surface area contributed by atoms with Crippen LogP contribution < -0.4 is 5.43 Å². The van der Waals surface area contributed by atoms with Crippen molar-refractivity contribution in [2.24, 2.45) is 5.10 Å². The Kier molecular flexibility index (Phi) is 1.85. The Morgan fingerprint density at radius 1 is 1.88 bits per heavy atom. The minimum absolute atomic E-state index is 0.774. The minimum atomic E-state index is 0.774. The number of hydrazone groups is 1. The van der Waals surface area contributed by atoms with Gasteiger partial charge in [0.15, 0.2) is 4.32 Å². The highest BCUT2D eigenvalue weighted by Gasteiger charge is 2.02. The highest BCUT2D eigenvalue weighted by Crippen LogP contribution is 2.06. The summed E-state index contributed by atoms with van der Waals surface area (Å²) >= 11 is 6.42. The van der Waals surface area contributed by atoms with E-state index in [-0.39, 0.29) is 0 Å². The van der Waals surface area contributed by atoms with Crippen LogP contribution in [0.5, 0.6) is 0 Å². The maximum atomic E-state index is 4.80. The van der Waals surface area contributed by atoms with Gasteiger partial charge in [-0.3, -0.25) is 5.43 Å². The fourth-order valence-electron chi connectivity index (χ4n) is 0.376. The second-order valence-electron chi connectivity index (χ2n) is 1.54. The molecule has 0 radical (unpaired) electrons. The maximum absolute atomic E-state index is 4.80. The van der Waals surface area contributed by atoms with E-state index in [2.05, 4.69) is 10.5 Å². The number of rotatable bonds is 0. The normalized spacial score (nSPS) is 19.6. The first-order chi connectivity index (χ1) is 3.79. The summed E-state index contributed by atoms with van der Waals surface area (Å²) in [6.07, 6.45) is 0. The Labute approximate surface area is 57.7 Å². The molecular weight excluding hydrogens is 140 g/mol. The first-order valence-corrected chi connectivity index (χ1v) is 3.64. The lowest BCUT2D eigenvalue weighted by molar-refractivity contribution is 1.05. The number of nitrogens with zero attached hydrogens (tertiary/aromatic N) is 1. The quantitative estimate of drug-likeness (QED) is 0.516. The highest BCUT2D eigenvalue weighted by molar-refractivity contribution is 8.23. The van der Waals surface area contributed by atoms with E-state index in [1.54, 1.807) is 11.8 Å². The van der Waals surface area contributed by atoms with Crippen molar-refractivity contribution in [1.29, 1.82) is 0 Å². The van der Waals surface area contributed by atoms with Crippen LogP contribution in [0.15, 0.2) is 5.10 Å². The van der Waals surface area contributed by atoms with Gasteiger partial charge in [0.1, 0.15) is 0 Å². The van der Waals surface area contributed by atoms with Crippen LogP contribution in [0, 0.1) is 0 Å². The molecule has 44 valence electrons. The first kappa shape index (κ1) is 6.04. The lowest BCUT2D eigenvalue weighted by atomic mass is 10.5. The van der Waals surface area contributed by atoms with E-state index < -0.39 is 0 Å². The molecule has 1 heterocycles. The molecule has 0 saturated carbocycles. The molecule has 1 aliphatic heterocycles. The molecule has 0 fully saturated rings. The van der Waals surface area contributed by atoms with Crippen molar-refractivity contribution in [3.05, 3.63) is 0 Å². The van der Waals surface area contributed by atoms with Crippen LogP contribution >= 0.6 is 24.0 Å². The van der Waals surface area contributed by atoms with Gasteiger partial charge >= 0.3 is 0 Å². The molecule has 1 N–H and O–H groups in total. The lowest BCUT2D eigenvalue weighted by Gasteiger charge is -2.08. The number of hydrogen-bond donors (Lipinski definition) is 1. The summed E-state index contributed by atoms with van der Waals surface area (Å²) in [6.45, 7) is 1.97. The van der Waals surface area contributed by atoms with Crippen molar-refractivity contribution in [2.75, 3.05) is 5.75 Å². The molecule has 0 aromatic carbocycles. The van der Waals surface area contributed by atoms with Crippen LogP contribution in [-0.4, -0.2) is 15.8 Å². The van der Waals surface area contributed by atoms with Gasteiger partial charge in [-0.25, -0.2) is 0 Å². The molecule has 0 bridgehead atoms. The second kappa shape index (κ2) is 2.46. The SMILES string of the molecule is CC1=NNC(=S)SC1. The molecule has 2 nitrogen and oxygen atoms in total. The fraction of sp³-hybridized carbons (Fsp3) is 0.500. The zero-order valence-corrected chi connectivity index (χ0v) is 6.10. The summed E-state index contributed by atoms with van der Waals surface area (Å²) < 4.78 is 0.774. The zero-order chi connectivity index (χ0) is 5.98. The predicted molar refractivity (Wildman–Crippen MR) is 41.3 cm³/mol. The van der Waals surface area contributed by atoms with Gasteiger partial charge in [0, 0.05) is 11.5 Å². The second-order valence-corrected chi connectivity index (χ2v) is 3.19. The van der Waals surface area contributed by atoms with Crippen LogP contribution in [0.3, 0.4) is 0 Å². The van der Waals surface area contributed by atoms with E-state index >= 15 is 0 Å². The van der Waals surface area contributed by atoms with Crippen molar-refractivity contribution in [3.8, 4) is 0 Å². The van der Waals surface area contributed by atoms with E-state index in [1.807, 2.05) is 6.92 Å². The van der Waals surface area contributed by atoms with Crippen LogP contribution in [0.25, 0.3) is 0 Å². The van der Waals surface area contributed by atoms with E-state index in [9.17, 15) is 0 Å². The number of thioether (sulfide) groups is 1. The van der Waals surface area contributed by atoms with Gasteiger partial charge in [0.05, 0.1) is 0 Å². The summed E-state index contributed by atoms with van der Waals surface area (Å²) in [7, 11) is 0. The Morgan fingerprint density at radius 2 is 2.62 bits per heavy atom. The van der Waals surface area contributed by atoms with Crippen molar-refractivity contribution in [3.63, 3.8) is 0 Å². The molecule has 4 heteroatoms. The zero-order valence-electron chi connectivity index (χ0n) is 4.47. The molecule has 1 aliphatic rings. The largest absolute Gasteiger partial charge is 0.262 e. The van der Waals surface area contributed by atoms with Gasteiger partial charge in [-0.05, 0) is 6.92 Å². The Balaban J connectivity index is 2.55. The Morgan fingerprint density at radius 3 is 3.00 bits per heavy atom. The molecule has 0 atom stereocenters. The van der Waals surface area contributed by atoms with Gasteiger partial charge in [0.2, 0.25) is 0 Å². The maximum Gasteiger partial charge on any atom is 0.154 e. The Hall–Kier alpha value is -0.0900. The lowest BCUT2D eigenvalue weighted by Crippen LogP contribution is -2.20. The van der Waals surface area contributed by atoms with Gasteiger partial charge in [-0.15, -0.1) is 0 Å². The van der Waals surface area contributed by atoms with Gasteiger partial charge in [-0.2, -0.15) is 5.10 Å². The summed E-state index contributed by atoms with van der Waals surface area (Å²) in [5.41, 5.74) is 3.81. The summed E-state index contributed by atoms with van der Waals surface area (Å²) in [5.74, 6) is 0.936. The smallest absolute Gasteiger partial charge is 0.154 e. The standard InChI is InChI=1S/C4H6N2S2/c1-3-2-8-4(7)6-5-3/h2H2,1H3,(H,6,7).